The molecule has 2 heterocycles. The van der Waals surface area contributed by atoms with E-state index in [0.717, 1.165) is 31.0 Å². The molecule has 3 heteroatoms. The third kappa shape index (κ3) is 1.54. The number of fused-ring (bicyclic) bond motifs is 1. The number of nitrogens with zero attached hydrogens (tertiary/aromatic N) is 1. The van der Waals surface area contributed by atoms with Gasteiger partial charge in [0.05, 0.1) is 11.9 Å². The molecule has 1 aliphatic heterocycles. The summed E-state index contributed by atoms with van der Waals surface area (Å²) >= 11 is 0. The number of hydrogen-bond donors (Lipinski definition) is 1. The molecule has 1 aromatic heterocycles. The summed E-state index contributed by atoms with van der Waals surface area (Å²) in [4.78, 5) is 4.22. The second kappa shape index (κ2) is 3.86. The molecular weight excluding hydrogens is 176 g/mol. The largest absolute Gasteiger partial charge is 0.489 e. The Balaban J connectivity index is 2.39. The molecule has 0 fully saturated rings. The van der Waals surface area contributed by atoms with Crippen LogP contribution in [0.15, 0.2) is 12.4 Å². The monoisotopic (exact) mass is 192 g/mol. The molecule has 14 heavy (non-hydrogen) atoms. The van der Waals surface area contributed by atoms with Crippen molar-refractivity contribution in [2.45, 2.75) is 26.2 Å². The van der Waals surface area contributed by atoms with E-state index in [2.05, 4.69) is 24.1 Å². The van der Waals surface area contributed by atoms with Gasteiger partial charge in [-0.1, -0.05) is 13.8 Å². The summed E-state index contributed by atoms with van der Waals surface area (Å²) in [5, 5.41) is 3.29. The molecule has 1 N–H and O–H groups in total. The molecule has 1 aromatic rings. The number of hydrogen-bond acceptors (Lipinski definition) is 3. The van der Waals surface area contributed by atoms with Crippen LogP contribution in [0.3, 0.4) is 0 Å². The van der Waals surface area contributed by atoms with Gasteiger partial charge in [0.15, 0.2) is 0 Å². The molecule has 76 valence electrons. The maximum atomic E-state index is 5.68. The fourth-order valence-electron chi connectivity index (χ4n) is 1.66. The highest BCUT2D eigenvalue weighted by Crippen LogP contribution is 2.35. The molecule has 0 aliphatic carbocycles. The predicted octanol–water partition coefficient (Wildman–Crippen LogP) is 2.40. The summed E-state index contributed by atoms with van der Waals surface area (Å²) in [6.45, 7) is 6.01. The topological polar surface area (TPSA) is 34.1 Å². The van der Waals surface area contributed by atoms with Gasteiger partial charge in [0.25, 0.3) is 0 Å². The molecule has 0 spiro atoms. The van der Waals surface area contributed by atoms with Crippen molar-refractivity contribution >= 4 is 5.69 Å². The Hall–Kier alpha value is -1.25. The fraction of sp³-hybridized carbons (Fsp3) is 0.545. The van der Waals surface area contributed by atoms with Crippen molar-refractivity contribution in [3.05, 3.63) is 18.0 Å². The SMILES string of the molecule is CCC(C)c1cncc2c1OCCN2. The summed E-state index contributed by atoms with van der Waals surface area (Å²) in [6, 6.07) is 0. The lowest BCUT2D eigenvalue weighted by molar-refractivity contribution is 0.317. The quantitative estimate of drug-likeness (QED) is 0.781. The maximum absolute atomic E-state index is 5.68. The summed E-state index contributed by atoms with van der Waals surface area (Å²) < 4.78 is 5.68. The summed E-state index contributed by atoms with van der Waals surface area (Å²) in [6.07, 6.45) is 4.86. The van der Waals surface area contributed by atoms with E-state index >= 15 is 0 Å². The van der Waals surface area contributed by atoms with Gasteiger partial charge >= 0.3 is 0 Å². The number of pyridine rings is 1. The molecule has 2 rings (SSSR count). The van der Waals surface area contributed by atoms with Crippen LogP contribution < -0.4 is 10.1 Å². The van der Waals surface area contributed by atoms with Crippen LogP contribution in [0, 0.1) is 0 Å². The lowest BCUT2D eigenvalue weighted by atomic mass is 9.99. The predicted molar refractivity (Wildman–Crippen MR) is 56.9 cm³/mol. The van der Waals surface area contributed by atoms with Crippen molar-refractivity contribution in [1.29, 1.82) is 0 Å². The number of anilines is 1. The summed E-state index contributed by atoms with van der Waals surface area (Å²) in [5.41, 5.74) is 2.26. The number of aromatic nitrogens is 1. The minimum absolute atomic E-state index is 0.511. The lowest BCUT2D eigenvalue weighted by Crippen LogP contribution is -2.19. The second-order valence-electron chi connectivity index (χ2n) is 3.69. The van der Waals surface area contributed by atoms with E-state index < -0.39 is 0 Å². The van der Waals surface area contributed by atoms with Crippen LogP contribution in [0.4, 0.5) is 5.69 Å². The zero-order chi connectivity index (χ0) is 9.97. The Kier molecular flexibility index (Phi) is 2.57. The highest BCUT2D eigenvalue weighted by atomic mass is 16.5. The van der Waals surface area contributed by atoms with Gasteiger partial charge < -0.3 is 10.1 Å². The van der Waals surface area contributed by atoms with Crippen molar-refractivity contribution in [2.24, 2.45) is 0 Å². The van der Waals surface area contributed by atoms with E-state index in [1.165, 1.54) is 5.56 Å². The van der Waals surface area contributed by atoms with Crippen LogP contribution in [0.1, 0.15) is 31.7 Å². The normalized spacial score (nSPS) is 16.4. The van der Waals surface area contributed by atoms with Gasteiger partial charge in [-0.2, -0.15) is 0 Å². The van der Waals surface area contributed by atoms with Crippen LogP contribution in [0.5, 0.6) is 5.75 Å². The second-order valence-corrected chi connectivity index (χ2v) is 3.69. The van der Waals surface area contributed by atoms with Gasteiger partial charge in [-0.05, 0) is 12.3 Å². The first-order valence-electron chi connectivity index (χ1n) is 5.17. The van der Waals surface area contributed by atoms with Crippen molar-refractivity contribution in [2.75, 3.05) is 18.5 Å². The van der Waals surface area contributed by atoms with Crippen LogP contribution in [-0.4, -0.2) is 18.1 Å². The van der Waals surface area contributed by atoms with E-state index in [4.69, 9.17) is 4.74 Å². The molecule has 0 bridgehead atoms. The highest BCUT2D eigenvalue weighted by molar-refractivity contribution is 5.60. The van der Waals surface area contributed by atoms with Gasteiger partial charge in [-0.3, -0.25) is 4.98 Å². The molecular formula is C11H16N2O. The Labute approximate surface area is 84.5 Å². The fourth-order valence-corrected chi connectivity index (χ4v) is 1.66. The minimum atomic E-state index is 0.511. The van der Waals surface area contributed by atoms with Crippen LogP contribution in [0.2, 0.25) is 0 Å². The first kappa shape index (κ1) is 9.31. The van der Waals surface area contributed by atoms with E-state index in [1.807, 2.05) is 12.4 Å². The number of ether oxygens (including phenoxy) is 1. The molecule has 0 aromatic carbocycles. The Morgan fingerprint density at radius 2 is 2.43 bits per heavy atom. The maximum Gasteiger partial charge on any atom is 0.149 e. The molecule has 0 radical (unpaired) electrons. The first-order valence-corrected chi connectivity index (χ1v) is 5.17. The van der Waals surface area contributed by atoms with Gasteiger partial charge in [-0.15, -0.1) is 0 Å². The van der Waals surface area contributed by atoms with Crippen LogP contribution in [0.25, 0.3) is 0 Å². The van der Waals surface area contributed by atoms with Gasteiger partial charge in [0.2, 0.25) is 0 Å². The molecule has 0 saturated heterocycles. The molecule has 0 amide bonds. The Morgan fingerprint density at radius 1 is 1.57 bits per heavy atom. The van der Waals surface area contributed by atoms with Crippen molar-refractivity contribution < 1.29 is 4.74 Å². The standard InChI is InChI=1S/C11H16N2O/c1-3-8(2)9-6-12-7-10-11(9)14-5-4-13-10/h6-8,13H,3-5H2,1-2H3. The van der Waals surface area contributed by atoms with Crippen molar-refractivity contribution in [3.63, 3.8) is 0 Å². The third-order valence-electron chi connectivity index (χ3n) is 2.73. The van der Waals surface area contributed by atoms with Crippen LogP contribution in [-0.2, 0) is 0 Å². The first-order chi connectivity index (χ1) is 6.83. The Bertz CT molecular complexity index is 325. The van der Waals surface area contributed by atoms with E-state index in [0.29, 0.717) is 5.92 Å². The molecule has 1 atom stereocenters. The summed E-state index contributed by atoms with van der Waals surface area (Å²) in [7, 11) is 0. The van der Waals surface area contributed by atoms with Crippen molar-refractivity contribution in [3.8, 4) is 5.75 Å². The van der Waals surface area contributed by atoms with E-state index in [1.54, 1.807) is 0 Å². The highest BCUT2D eigenvalue weighted by Gasteiger charge is 2.17. The average Bonchev–Trinajstić information content (AvgIpc) is 2.27. The van der Waals surface area contributed by atoms with Crippen molar-refractivity contribution in [1.82, 2.24) is 4.98 Å². The van der Waals surface area contributed by atoms with Gasteiger partial charge in [-0.25, -0.2) is 0 Å². The molecule has 1 aliphatic rings. The van der Waals surface area contributed by atoms with E-state index in [9.17, 15) is 0 Å². The molecule has 3 nitrogen and oxygen atoms in total. The third-order valence-corrected chi connectivity index (χ3v) is 2.73. The zero-order valence-electron chi connectivity index (χ0n) is 8.71. The number of nitrogens with one attached hydrogen (secondary N) is 1. The van der Waals surface area contributed by atoms with Crippen LogP contribution >= 0.6 is 0 Å². The van der Waals surface area contributed by atoms with Gasteiger partial charge in [0.1, 0.15) is 12.4 Å². The minimum Gasteiger partial charge on any atom is -0.489 e. The number of rotatable bonds is 2. The lowest BCUT2D eigenvalue weighted by Gasteiger charge is -2.23. The van der Waals surface area contributed by atoms with E-state index in [-0.39, 0.29) is 0 Å². The molecule has 0 saturated carbocycles. The van der Waals surface area contributed by atoms with Gasteiger partial charge in [0, 0.05) is 18.3 Å². The average molecular weight is 192 g/mol. The smallest absolute Gasteiger partial charge is 0.149 e. The summed E-state index contributed by atoms with van der Waals surface area (Å²) in [5.74, 6) is 1.51. The molecule has 1 unspecified atom stereocenters. The zero-order valence-corrected chi connectivity index (χ0v) is 8.71. The Morgan fingerprint density at radius 3 is 3.21 bits per heavy atom.